The van der Waals surface area contributed by atoms with E-state index < -0.39 is 0 Å². The van der Waals surface area contributed by atoms with E-state index in [9.17, 15) is 4.39 Å². The van der Waals surface area contributed by atoms with Gasteiger partial charge in [-0.15, -0.1) is 0 Å². The summed E-state index contributed by atoms with van der Waals surface area (Å²) in [6.45, 7) is 3.12. The van der Waals surface area contributed by atoms with Crippen LogP contribution in [-0.4, -0.2) is 50.6 Å². The van der Waals surface area contributed by atoms with E-state index in [1.165, 1.54) is 6.07 Å². The smallest absolute Gasteiger partial charge is 0.138 e. The van der Waals surface area contributed by atoms with Crippen LogP contribution in [0.5, 0.6) is 0 Å². The van der Waals surface area contributed by atoms with E-state index in [1.807, 2.05) is 6.07 Å². The molecule has 2 N–H and O–H groups in total. The van der Waals surface area contributed by atoms with Crippen LogP contribution < -0.4 is 5.73 Å². The summed E-state index contributed by atoms with van der Waals surface area (Å²) >= 11 is 0. The summed E-state index contributed by atoms with van der Waals surface area (Å²) in [5.74, 6) is 5.17. The lowest BCUT2D eigenvalue weighted by atomic mass is 10.1. The van der Waals surface area contributed by atoms with Crippen LogP contribution in [-0.2, 0) is 6.54 Å². The third kappa shape index (κ3) is 6.16. The molecule has 0 amide bonds. The molecule has 0 unspecified atom stereocenters. The fourth-order valence-corrected chi connectivity index (χ4v) is 1.96. The largest absolute Gasteiger partial charge is 0.320 e. The van der Waals surface area contributed by atoms with Crippen LogP contribution >= 0.6 is 0 Å². The lowest BCUT2D eigenvalue weighted by molar-refractivity contribution is 0.294. The van der Waals surface area contributed by atoms with Gasteiger partial charge < -0.3 is 15.5 Å². The second-order valence-corrected chi connectivity index (χ2v) is 5.21. The second kappa shape index (κ2) is 8.70. The minimum absolute atomic E-state index is 0.244. The number of rotatable bonds is 6. The third-order valence-electron chi connectivity index (χ3n) is 2.95. The van der Waals surface area contributed by atoms with Crippen molar-refractivity contribution in [3.63, 3.8) is 0 Å². The molecule has 1 aromatic carbocycles. The highest BCUT2D eigenvalue weighted by molar-refractivity contribution is 5.38. The molecule has 0 radical (unpaired) electrons. The molecule has 110 valence electrons. The molecular formula is C16H24FN3. The molecule has 0 heterocycles. The highest BCUT2D eigenvalue weighted by Crippen LogP contribution is 2.11. The molecule has 0 aromatic heterocycles. The molecule has 20 heavy (non-hydrogen) atoms. The number of nitrogens with zero attached hydrogens (tertiary/aromatic N) is 2. The SMILES string of the molecule is CN(C)CCCN(C)Cc1ccc(F)c(C#CCN)c1. The van der Waals surface area contributed by atoms with Gasteiger partial charge in [-0.3, -0.25) is 0 Å². The van der Waals surface area contributed by atoms with E-state index in [2.05, 4.69) is 42.8 Å². The van der Waals surface area contributed by atoms with Crippen molar-refractivity contribution in [1.82, 2.24) is 9.80 Å². The standard InChI is InChI=1S/C16H24FN3/c1-19(2)10-5-11-20(3)13-14-7-8-16(17)15(12-14)6-4-9-18/h7-8,12H,5,9-11,13,18H2,1-3H3. The van der Waals surface area contributed by atoms with Crippen LogP contribution in [0.4, 0.5) is 4.39 Å². The summed E-state index contributed by atoms with van der Waals surface area (Å²) in [6, 6.07) is 5.09. The van der Waals surface area contributed by atoms with Crippen molar-refractivity contribution in [3.05, 3.63) is 35.1 Å². The van der Waals surface area contributed by atoms with E-state index in [-0.39, 0.29) is 12.4 Å². The van der Waals surface area contributed by atoms with Crippen LogP contribution in [0.2, 0.25) is 0 Å². The number of halogens is 1. The van der Waals surface area contributed by atoms with Gasteiger partial charge in [0.05, 0.1) is 12.1 Å². The van der Waals surface area contributed by atoms with Gasteiger partial charge in [0.1, 0.15) is 5.82 Å². The van der Waals surface area contributed by atoms with Crippen molar-refractivity contribution in [2.24, 2.45) is 5.73 Å². The third-order valence-corrected chi connectivity index (χ3v) is 2.95. The van der Waals surface area contributed by atoms with Gasteiger partial charge >= 0.3 is 0 Å². The highest BCUT2D eigenvalue weighted by Gasteiger charge is 2.04. The Balaban J connectivity index is 2.59. The lowest BCUT2D eigenvalue weighted by Gasteiger charge is -2.18. The Morgan fingerprint density at radius 3 is 2.60 bits per heavy atom. The van der Waals surface area contributed by atoms with Gasteiger partial charge in [-0.05, 0) is 58.3 Å². The van der Waals surface area contributed by atoms with Crippen LogP contribution in [0.15, 0.2) is 18.2 Å². The summed E-state index contributed by atoms with van der Waals surface area (Å²) in [5.41, 5.74) is 6.81. The van der Waals surface area contributed by atoms with E-state index in [4.69, 9.17) is 5.73 Å². The van der Waals surface area contributed by atoms with Gasteiger partial charge in [0, 0.05) is 6.54 Å². The molecule has 0 bridgehead atoms. The average molecular weight is 277 g/mol. The molecule has 1 rings (SSSR count). The van der Waals surface area contributed by atoms with Crippen molar-refractivity contribution < 1.29 is 4.39 Å². The molecule has 0 aliphatic heterocycles. The zero-order valence-corrected chi connectivity index (χ0v) is 12.6. The maximum Gasteiger partial charge on any atom is 0.138 e. The van der Waals surface area contributed by atoms with Gasteiger partial charge in [0.2, 0.25) is 0 Å². The molecule has 0 spiro atoms. The summed E-state index contributed by atoms with van der Waals surface area (Å²) in [6.07, 6.45) is 1.12. The Kier molecular flexibility index (Phi) is 7.24. The second-order valence-electron chi connectivity index (χ2n) is 5.21. The highest BCUT2D eigenvalue weighted by atomic mass is 19.1. The normalized spacial score (nSPS) is 10.8. The first-order valence-electron chi connectivity index (χ1n) is 6.83. The molecule has 0 saturated carbocycles. The summed E-state index contributed by atoms with van der Waals surface area (Å²) in [4.78, 5) is 4.41. The molecule has 1 aromatic rings. The summed E-state index contributed by atoms with van der Waals surface area (Å²) in [7, 11) is 6.22. The summed E-state index contributed by atoms with van der Waals surface area (Å²) in [5, 5.41) is 0. The van der Waals surface area contributed by atoms with Gasteiger partial charge in [0.25, 0.3) is 0 Å². The van der Waals surface area contributed by atoms with E-state index in [0.29, 0.717) is 5.56 Å². The molecule has 3 nitrogen and oxygen atoms in total. The molecule has 0 aliphatic rings. The Morgan fingerprint density at radius 1 is 1.20 bits per heavy atom. The minimum Gasteiger partial charge on any atom is -0.320 e. The van der Waals surface area contributed by atoms with Crippen molar-refractivity contribution in [3.8, 4) is 11.8 Å². The van der Waals surface area contributed by atoms with Gasteiger partial charge in [-0.1, -0.05) is 17.9 Å². The maximum absolute atomic E-state index is 13.6. The number of nitrogens with two attached hydrogens (primary N) is 1. The first-order valence-corrected chi connectivity index (χ1v) is 6.83. The monoisotopic (exact) mass is 277 g/mol. The average Bonchev–Trinajstić information content (AvgIpc) is 2.39. The molecule has 0 fully saturated rings. The van der Waals surface area contributed by atoms with E-state index in [0.717, 1.165) is 31.6 Å². The molecular weight excluding hydrogens is 253 g/mol. The first-order chi connectivity index (χ1) is 9.52. The fourth-order valence-electron chi connectivity index (χ4n) is 1.96. The van der Waals surface area contributed by atoms with Crippen molar-refractivity contribution in [1.29, 1.82) is 0 Å². The first kappa shape index (κ1) is 16.6. The van der Waals surface area contributed by atoms with Crippen molar-refractivity contribution >= 4 is 0 Å². The Morgan fingerprint density at radius 2 is 1.95 bits per heavy atom. The van der Waals surface area contributed by atoms with Crippen LogP contribution in [0, 0.1) is 17.7 Å². The Bertz CT molecular complexity index is 474. The fraction of sp³-hybridized carbons (Fsp3) is 0.500. The molecule has 0 saturated heterocycles. The Labute approximate surface area is 121 Å². The van der Waals surface area contributed by atoms with Gasteiger partial charge in [0.15, 0.2) is 0 Å². The zero-order chi connectivity index (χ0) is 15.0. The maximum atomic E-state index is 13.6. The van der Waals surface area contributed by atoms with E-state index in [1.54, 1.807) is 6.07 Å². The van der Waals surface area contributed by atoms with Crippen LogP contribution in [0.3, 0.4) is 0 Å². The molecule has 0 atom stereocenters. The number of benzene rings is 1. The van der Waals surface area contributed by atoms with Crippen LogP contribution in [0.1, 0.15) is 17.5 Å². The van der Waals surface area contributed by atoms with Gasteiger partial charge in [-0.25, -0.2) is 4.39 Å². The number of hydrogen-bond donors (Lipinski definition) is 1. The van der Waals surface area contributed by atoms with Crippen molar-refractivity contribution in [2.75, 3.05) is 40.8 Å². The summed E-state index contributed by atoms with van der Waals surface area (Å²) < 4.78 is 13.6. The quantitative estimate of drug-likeness (QED) is 0.800. The molecule has 0 aliphatic carbocycles. The topological polar surface area (TPSA) is 32.5 Å². The minimum atomic E-state index is -0.287. The van der Waals surface area contributed by atoms with Gasteiger partial charge in [-0.2, -0.15) is 0 Å². The van der Waals surface area contributed by atoms with Crippen molar-refractivity contribution in [2.45, 2.75) is 13.0 Å². The molecule has 4 heteroatoms. The Hall–Kier alpha value is -1.41. The zero-order valence-electron chi connectivity index (χ0n) is 12.6. The van der Waals surface area contributed by atoms with E-state index >= 15 is 0 Å². The predicted octanol–water partition coefficient (Wildman–Crippen LogP) is 1.52. The van der Waals surface area contributed by atoms with Crippen LogP contribution in [0.25, 0.3) is 0 Å². The number of hydrogen-bond acceptors (Lipinski definition) is 3. The lowest BCUT2D eigenvalue weighted by Crippen LogP contribution is -2.23. The predicted molar refractivity (Wildman–Crippen MR) is 81.8 cm³/mol.